The summed E-state index contributed by atoms with van der Waals surface area (Å²) in [5, 5.41) is 3.61. The first-order chi connectivity index (χ1) is 18.9. The summed E-state index contributed by atoms with van der Waals surface area (Å²) in [4.78, 5) is 22.6. The third-order valence-electron chi connectivity index (χ3n) is 8.36. The number of pyridine rings is 1. The maximum atomic E-state index is 12.6. The van der Waals surface area contributed by atoms with Crippen molar-refractivity contribution in [2.75, 3.05) is 32.7 Å². The molecular weight excluding hydrogens is 640 g/mol. The normalized spacial score (nSPS) is 20.0. The molecule has 39 heavy (non-hydrogen) atoms. The first-order valence-corrected chi connectivity index (χ1v) is 16.1. The first-order valence-electron chi connectivity index (χ1n) is 14.1. The van der Waals surface area contributed by atoms with E-state index in [1.807, 2.05) is 0 Å². The summed E-state index contributed by atoms with van der Waals surface area (Å²) in [5.74, 6) is 0.468. The van der Waals surface area contributed by atoms with Crippen LogP contribution in [0.25, 0.3) is 0 Å². The second kappa shape index (κ2) is 13.9. The molecule has 8 heteroatoms. The fourth-order valence-electron chi connectivity index (χ4n) is 5.92. The van der Waals surface area contributed by atoms with Crippen molar-refractivity contribution in [1.82, 2.24) is 20.1 Å². The highest BCUT2D eigenvalue weighted by Gasteiger charge is 2.29. The van der Waals surface area contributed by atoms with Crippen LogP contribution in [0.4, 0.5) is 0 Å². The molecule has 2 aliphatic heterocycles. The molecule has 1 amide bonds. The van der Waals surface area contributed by atoms with E-state index in [4.69, 9.17) is 11.6 Å². The molecule has 1 aromatic carbocycles. The highest BCUT2D eigenvalue weighted by atomic mass is 79.9. The molecule has 2 fully saturated rings. The SMILES string of the molecule is O=C(NCC1=CC=C(Br)CC1)c1cnc(CC2CCN(C3CCN(Cc4ccc(Br)cc4)CC3)CC2)c(Cl)c1. The lowest BCUT2D eigenvalue weighted by atomic mass is 9.90. The Morgan fingerprint density at radius 1 is 1.00 bits per heavy atom. The van der Waals surface area contributed by atoms with E-state index >= 15 is 0 Å². The van der Waals surface area contributed by atoms with E-state index in [0.29, 0.717) is 29.1 Å². The lowest BCUT2D eigenvalue weighted by molar-refractivity contribution is 0.0751. The zero-order valence-corrected chi connectivity index (χ0v) is 26.3. The van der Waals surface area contributed by atoms with Gasteiger partial charge in [-0.05, 0) is 105 Å². The number of carbonyl (C=O) groups is 1. The number of carbonyl (C=O) groups excluding carboxylic acids is 1. The predicted octanol–water partition coefficient (Wildman–Crippen LogP) is 7.15. The molecule has 2 aromatic rings. The van der Waals surface area contributed by atoms with Crippen LogP contribution >= 0.6 is 43.5 Å². The van der Waals surface area contributed by atoms with Gasteiger partial charge in [-0.15, -0.1) is 0 Å². The predicted molar refractivity (Wildman–Crippen MR) is 166 cm³/mol. The van der Waals surface area contributed by atoms with Gasteiger partial charge in [0.15, 0.2) is 0 Å². The lowest BCUT2D eigenvalue weighted by Crippen LogP contribution is -2.47. The summed E-state index contributed by atoms with van der Waals surface area (Å²) in [5.41, 5.74) is 4.05. The molecule has 0 radical (unpaired) electrons. The van der Waals surface area contributed by atoms with Gasteiger partial charge in [0.1, 0.15) is 0 Å². The molecule has 2 saturated heterocycles. The number of allylic oxidation sites excluding steroid dienone is 3. The zero-order chi connectivity index (χ0) is 27.2. The Balaban J connectivity index is 1.04. The summed E-state index contributed by atoms with van der Waals surface area (Å²) < 4.78 is 2.34. The fraction of sp³-hybridized carbons (Fsp3) is 0.484. The molecule has 1 aliphatic carbocycles. The minimum atomic E-state index is -0.123. The third kappa shape index (κ3) is 8.26. The van der Waals surface area contributed by atoms with Gasteiger partial charge < -0.3 is 10.2 Å². The molecule has 0 saturated carbocycles. The molecular formula is C31H37Br2ClN4O. The van der Waals surface area contributed by atoms with Gasteiger partial charge in [-0.25, -0.2) is 0 Å². The average molecular weight is 677 g/mol. The van der Waals surface area contributed by atoms with Crippen molar-refractivity contribution in [3.05, 3.63) is 85.1 Å². The Morgan fingerprint density at radius 3 is 2.41 bits per heavy atom. The minimum absolute atomic E-state index is 0.123. The number of nitrogens with one attached hydrogen (secondary N) is 1. The van der Waals surface area contributed by atoms with Crippen LogP contribution < -0.4 is 5.32 Å². The molecule has 1 N–H and O–H groups in total. The summed E-state index contributed by atoms with van der Waals surface area (Å²) in [6, 6.07) is 11.2. The van der Waals surface area contributed by atoms with Crippen molar-refractivity contribution < 1.29 is 4.79 Å². The Morgan fingerprint density at radius 2 is 1.74 bits per heavy atom. The van der Waals surface area contributed by atoms with Crippen molar-refractivity contribution in [3.63, 3.8) is 0 Å². The standard InChI is InChI=1S/C31H37Br2ClN4O/c32-26-5-1-23(2-6-26)19-36-31(39)25-18-29(34)30(35-20-25)17-22-9-15-38(16-10-22)28-11-13-37(14-12-28)21-24-3-7-27(33)8-4-24/h1,3-5,7-8,18,20,22,28H,2,6,9-17,19,21H2,(H,36,39). The van der Waals surface area contributed by atoms with Crippen LogP contribution in [0.5, 0.6) is 0 Å². The molecule has 1 aromatic heterocycles. The molecule has 3 heterocycles. The smallest absolute Gasteiger partial charge is 0.253 e. The zero-order valence-electron chi connectivity index (χ0n) is 22.3. The first kappa shape index (κ1) is 29.0. The molecule has 0 bridgehead atoms. The number of likely N-dealkylation sites (tertiary alicyclic amines) is 2. The molecule has 208 valence electrons. The van der Waals surface area contributed by atoms with Gasteiger partial charge in [0.2, 0.25) is 0 Å². The van der Waals surface area contributed by atoms with Crippen LogP contribution in [0.15, 0.2) is 63.2 Å². The number of hydrogen-bond acceptors (Lipinski definition) is 4. The second-order valence-electron chi connectivity index (χ2n) is 11.1. The summed E-state index contributed by atoms with van der Waals surface area (Å²) >= 11 is 13.6. The van der Waals surface area contributed by atoms with Crippen LogP contribution in [0, 0.1) is 5.92 Å². The Labute approximate surface area is 254 Å². The molecule has 0 spiro atoms. The van der Waals surface area contributed by atoms with Crippen LogP contribution in [0.2, 0.25) is 5.02 Å². The van der Waals surface area contributed by atoms with Crippen molar-refractivity contribution in [2.45, 2.75) is 57.5 Å². The number of halogens is 3. The minimum Gasteiger partial charge on any atom is -0.348 e. The molecule has 0 atom stereocenters. The van der Waals surface area contributed by atoms with Gasteiger partial charge in [-0.2, -0.15) is 0 Å². The van der Waals surface area contributed by atoms with E-state index in [9.17, 15) is 4.79 Å². The fourth-order valence-corrected chi connectivity index (χ4v) is 6.76. The highest BCUT2D eigenvalue weighted by molar-refractivity contribution is 9.11. The Kier molecular flexibility index (Phi) is 10.3. The Hall–Kier alpha value is -1.51. The van der Waals surface area contributed by atoms with E-state index in [2.05, 4.69) is 88.4 Å². The monoisotopic (exact) mass is 674 g/mol. The van der Waals surface area contributed by atoms with Crippen LogP contribution in [-0.4, -0.2) is 59.5 Å². The number of rotatable bonds is 8. The van der Waals surface area contributed by atoms with E-state index < -0.39 is 0 Å². The number of amides is 1. The van der Waals surface area contributed by atoms with Crippen LogP contribution in [0.1, 0.15) is 60.1 Å². The van der Waals surface area contributed by atoms with Gasteiger partial charge in [-0.3, -0.25) is 14.7 Å². The number of nitrogens with zero attached hydrogens (tertiary/aromatic N) is 3. The van der Waals surface area contributed by atoms with E-state index in [1.165, 1.54) is 54.4 Å². The maximum absolute atomic E-state index is 12.6. The van der Waals surface area contributed by atoms with Gasteiger partial charge in [0, 0.05) is 29.8 Å². The largest absolute Gasteiger partial charge is 0.348 e. The van der Waals surface area contributed by atoms with Gasteiger partial charge in [0.05, 0.1) is 16.3 Å². The van der Waals surface area contributed by atoms with Crippen molar-refractivity contribution >= 4 is 49.4 Å². The molecule has 0 unspecified atom stereocenters. The summed E-state index contributed by atoms with van der Waals surface area (Å²) in [6.07, 6.45) is 13.5. The second-order valence-corrected chi connectivity index (χ2v) is 13.4. The van der Waals surface area contributed by atoms with E-state index in [1.54, 1.807) is 12.3 Å². The summed E-state index contributed by atoms with van der Waals surface area (Å²) in [7, 11) is 0. The average Bonchev–Trinajstić information content (AvgIpc) is 2.96. The van der Waals surface area contributed by atoms with Crippen molar-refractivity contribution in [2.24, 2.45) is 5.92 Å². The molecule has 3 aliphatic rings. The molecule has 5 rings (SSSR count). The van der Waals surface area contributed by atoms with Crippen LogP contribution in [0.3, 0.4) is 0 Å². The van der Waals surface area contributed by atoms with Crippen molar-refractivity contribution in [3.8, 4) is 0 Å². The quantitative estimate of drug-likeness (QED) is 0.323. The van der Waals surface area contributed by atoms with E-state index in [0.717, 1.165) is 49.1 Å². The third-order valence-corrected chi connectivity index (χ3v) is 9.88. The van der Waals surface area contributed by atoms with Gasteiger partial charge in [-0.1, -0.05) is 73.3 Å². The number of hydrogen-bond donors (Lipinski definition) is 1. The topological polar surface area (TPSA) is 48.5 Å². The lowest BCUT2D eigenvalue weighted by Gasteiger charge is -2.42. The Bertz CT molecular complexity index is 1200. The number of benzene rings is 1. The maximum Gasteiger partial charge on any atom is 0.253 e. The van der Waals surface area contributed by atoms with E-state index in [-0.39, 0.29) is 5.91 Å². The number of aromatic nitrogens is 1. The van der Waals surface area contributed by atoms with Crippen molar-refractivity contribution in [1.29, 1.82) is 0 Å². The molecule has 5 nitrogen and oxygen atoms in total. The van der Waals surface area contributed by atoms with Crippen LogP contribution in [-0.2, 0) is 13.0 Å². The van der Waals surface area contributed by atoms with Gasteiger partial charge in [0.25, 0.3) is 5.91 Å². The summed E-state index contributed by atoms with van der Waals surface area (Å²) in [6.45, 7) is 6.25. The highest BCUT2D eigenvalue weighted by Crippen LogP contribution is 2.28. The number of piperidine rings is 2. The van der Waals surface area contributed by atoms with Gasteiger partial charge >= 0.3 is 0 Å².